The van der Waals surface area contributed by atoms with Crippen LogP contribution in [0.15, 0.2) is 24.5 Å². The summed E-state index contributed by atoms with van der Waals surface area (Å²) in [6.07, 6.45) is 8.20. The minimum atomic E-state index is -0.150. The van der Waals surface area contributed by atoms with Crippen LogP contribution in [0.4, 0.5) is 0 Å². The van der Waals surface area contributed by atoms with Crippen LogP contribution in [-0.4, -0.2) is 31.2 Å². The van der Waals surface area contributed by atoms with E-state index in [1.54, 1.807) is 19.5 Å². The van der Waals surface area contributed by atoms with E-state index in [2.05, 4.69) is 10.3 Å². The van der Waals surface area contributed by atoms with E-state index in [9.17, 15) is 4.79 Å². The van der Waals surface area contributed by atoms with E-state index in [1.807, 2.05) is 19.1 Å². The van der Waals surface area contributed by atoms with Gasteiger partial charge in [0.1, 0.15) is 0 Å². The molecule has 1 saturated carbocycles. The molecule has 0 spiro atoms. The molecule has 1 aromatic rings. The number of carbonyl (C=O) groups excluding carboxylic acids is 1. The van der Waals surface area contributed by atoms with Crippen LogP contribution in [-0.2, 0) is 9.53 Å². The van der Waals surface area contributed by atoms with Crippen LogP contribution in [0.3, 0.4) is 0 Å². The smallest absolute Gasteiger partial charge is 0.227 e. The largest absolute Gasteiger partial charge is 0.384 e. The van der Waals surface area contributed by atoms with Gasteiger partial charge in [0.25, 0.3) is 0 Å². The van der Waals surface area contributed by atoms with Crippen molar-refractivity contribution in [2.24, 2.45) is 5.41 Å². The molecule has 1 heterocycles. The van der Waals surface area contributed by atoms with Gasteiger partial charge in [0.15, 0.2) is 0 Å². The molecule has 1 amide bonds. The first kappa shape index (κ1) is 15.0. The topological polar surface area (TPSA) is 51.2 Å². The fraction of sp³-hybridized carbons (Fsp3) is 0.625. The van der Waals surface area contributed by atoms with Crippen molar-refractivity contribution in [3.05, 3.63) is 30.1 Å². The zero-order valence-corrected chi connectivity index (χ0v) is 12.4. The number of amides is 1. The normalized spacial score (nSPS) is 18.1. The molecule has 0 bridgehead atoms. The molecule has 1 aromatic heterocycles. The molecule has 4 heteroatoms. The van der Waals surface area contributed by atoms with Gasteiger partial charge >= 0.3 is 0 Å². The third-order valence-electron chi connectivity index (χ3n) is 4.40. The van der Waals surface area contributed by atoms with Crippen LogP contribution in [0.2, 0.25) is 0 Å². The highest BCUT2D eigenvalue weighted by Crippen LogP contribution is 2.43. The van der Waals surface area contributed by atoms with Crippen molar-refractivity contribution in [1.82, 2.24) is 10.3 Å². The summed E-state index contributed by atoms with van der Waals surface area (Å²) in [4.78, 5) is 16.2. The van der Waals surface area contributed by atoms with Gasteiger partial charge in [-0.05, 0) is 43.2 Å². The van der Waals surface area contributed by atoms with Crippen molar-refractivity contribution in [3.8, 4) is 0 Å². The molecule has 0 aliphatic heterocycles. The summed E-state index contributed by atoms with van der Waals surface area (Å²) < 4.78 is 5.30. The Morgan fingerprint density at radius 1 is 1.55 bits per heavy atom. The molecule has 110 valence electrons. The highest BCUT2D eigenvalue weighted by Gasteiger charge is 2.36. The van der Waals surface area contributed by atoms with Crippen molar-refractivity contribution in [3.63, 3.8) is 0 Å². The number of ether oxygens (including phenoxy) is 1. The van der Waals surface area contributed by atoms with Gasteiger partial charge in [-0.25, -0.2) is 0 Å². The summed E-state index contributed by atoms with van der Waals surface area (Å²) in [5.74, 6) is -0.0756. The van der Waals surface area contributed by atoms with E-state index in [0.29, 0.717) is 5.41 Å². The maximum absolute atomic E-state index is 12.1. The fourth-order valence-corrected chi connectivity index (χ4v) is 2.84. The third kappa shape index (κ3) is 3.57. The molecule has 2 rings (SSSR count). The standard InChI is InChI=1S/C16H24N2O2/c1-13(14-5-3-9-17-11-14)15(19)18-10-8-16(12-20-2)6-4-7-16/h3,5,9,11,13H,4,6-8,10,12H2,1-2H3,(H,18,19). The lowest BCUT2D eigenvalue weighted by molar-refractivity contribution is -0.122. The molecule has 1 unspecified atom stereocenters. The average Bonchev–Trinajstić information content (AvgIpc) is 2.44. The van der Waals surface area contributed by atoms with Crippen molar-refractivity contribution < 1.29 is 9.53 Å². The van der Waals surface area contributed by atoms with E-state index < -0.39 is 0 Å². The Morgan fingerprint density at radius 2 is 2.35 bits per heavy atom. The predicted molar refractivity (Wildman–Crippen MR) is 78.4 cm³/mol. The highest BCUT2D eigenvalue weighted by molar-refractivity contribution is 5.83. The number of pyridine rings is 1. The molecule has 1 fully saturated rings. The summed E-state index contributed by atoms with van der Waals surface area (Å²) in [5, 5.41) is 3.04. The predicted octanol–water partition coefficient (Wildman–Crippen LogP) is 2.51. The highest BCUT2D eigenvalue weighted by atomic mass is 16.5. The lowest BCUT2D eigenvalue weighted by Gasteiger charge is -2.41. The number of nitrogens with one attached hydrogen (secondary N) is 1. The zero-order chi connectivity index (χ0) is 14.4. The minimum absolute atomic E-state index is 0.0740. The lowest BCUT2D eigenvalue weighted by atomic mass is 9.67. The molecule has 20 heavy (non-hydrogen) atoms. The number of aromatic nitrogens is 1. The number of rotatable bonds is 7. The number of methoxy groups -OCH3 is 1. The Labute approximate surface area is 120 Å². The summed E-state index contributed by atoms with van der Waals surface area (Å²) >= 11 is 0. The Morgan fingerprint density at radius 3 is 2.90 bits per heavy atom. The zero-order valence-electron chi connectivity index (χ0n) is 12.4. The first-order valence-corrected chi connectivity index (χ1v) is 7.33. The maximum atomic E-state index is 12.1. The summed E-state index contributed by atoms with van der Waals surface area (Å²) in [6, 6.07) is 3.80. The van der Waals surface area contributed by atoms with Gasteiger partial charge in [0.05, 0.1) is 12.5 Å². The maximum Gasteiger partial charge on any atom is 0.227 e. The first-order valence-electron chi connectivity index (χ1n) is 7.33. The minimum Gasteiger partial charge on any atom is -0.384 e. The second-order valence-electron chi connectivity index (χ2n) is 5.84. The molecular formula is C16H24N2O2. The van der Waals surface area contributed by atoms with Gasteiger partial charge < -0.3 is 10.1 Å². The monoisotopic (exact) mass is 276 g/mol. The number of carbonyl (C=O) groups is 1. The molecule has 1 aliphatic carbocycles. The molecule has 0 radical (unpaired) electrons. The number of nitrogens with zero attached hydrogens (tertiary/aromatic N) is 1. The van der Waals surface area contributed by atoms with Gasteiger partial charge in [-0.1, -0.05) is 12.5 Å². The Bertz CT molecular complexity index is 429. The summed E-state index contributed by atoms with van der Waals surface area (Å²) in [5.41, 5.74) is 1.26. The second kappa shape index (κ2) is 6.84. The molecule has 1 atom stereocenters. The first-order chi connectivity index (χ1) is 9.67. The summed E-state index contributed by atoms with van der Waals surface area (Å²) in [6.45, 7) is 3.45. The van der Waals surface area contributed by atoms with E-state index in [1.165, 1.54) is 19.3 Å². The Balaban J connectivity index is 1.78. The van der Waals surface area contributed by atoms with Crippen LogP contribution in [0.1, 0.15) is 44.1 Å². The SMILES string of the molecule is COCC1(CCNC(=O)C(C)c2cccnc2)CCC1. The van der Waals surface area contributed by atoms with Gasteiger partial charge in [0.2, 0.25) is 5.91 Å². The molecule has 4 nitrogen and oxygen atoms in total. The summed E-state index contributed by atoms with van der Waals surface area (Å²) in [7, 11) is 1.75. The molecule has 0 aromatic carbocycles. The Hall–Kier alpha value is -1.42. The van der Waals surface area contributed by atoms with E-state index in [0.717, 1.165) is 25.1 Å². The fourth-order valence-electron chi connectivity index (χ4n) is 2.84. The van der Waals surface area contributed by atoms with E-state index in [4.69, 9.17) is 4.74 Å². The van der Waals surface area contributed by atoms with Crippen LogP contribution >= 0.6 is 0 Å². The molecular weight excluding hydrogens is 252 g/mol. The number of hydrogen-bond acceptors (Lipinski definition) is 3. The Kier molecular flexibility index (Phi) is 5.12. The van der Waals surface area contributed by atoms with E-state index >= 15 is 0 Å². The third-order valence-corrected chi connectivity index (χ3v) is 4.40. The van der Waals surface area contributed by atoms with Crippen molar-refractivity contribution in [2.45, 2.75) is 38.5 Å². The van der Waals surface area contributed by atoms with Crippen LogP contribution in [0.5, 0.6) is 0 Å². The molecule has 1 aliphatic rings. The van der Waals surface area contributed by atoms with Gasteiger partial charge in [-0.15, -0.1) is 0 Å². The van der Waals surface area contributed by atoms with Crippen LogP contribution < -0.4 is 5.32 Å². The van der Waals surface area contributed by atoms with Crippen molar-refractivity contribution in [2.75, 3.05) is 20.3 Å². The van der Waals surface area contributed by atoms with Crippen molar-refractivity contribution >= 4 is 5.91 Å². The molecule has 0 saturated heterocycles. The number of hydrogen-bond donors (Lipinski definition) is 1. The van der Waals surface area contributed by atoms with Gasteiger partial charge in [-0.3, -0.25) is 9.78 Å². The molecule has 1 N–H and O–H groups in total. The lowest BCUT2D eigenvalue weighted by Crippen LogP contribution is -2.39. The van der Waals surface area contributed by atoms with E-state index in [-0.39, 0.29) is 11.8 Å². The van der Waals surface area contributed by atoms with Crippen LogP contribution in [0.25, 0.3) is 0 Å². The average molecular weight is 276 g/mol. The van der Waals surface area contributed by atoms with Gasteiger partial charge in [0, 0.05) is 26.0 Å². The van der Waals surface area contributed by atoms with Crippen molar-refractivity contribution in [1.29, 1.82) is 0 Å². The van der Waals surface area contributed by atoms with Crippen LogP contribution in [0, 0.1) is 5.41 Å². The second-order valence-corrected chi connectivity index (χ2v) is 5.84. The quantitative estimate of drug-likeness (QED) is 0.832. The van der Waals surface area contributed by atoms with Gasteiger partial charge in [-0.2, -0.15) is 0 Å².